The SMILES string of the molecule is Cc1cc(C)[n+]2c(C)sc(-c3ccccc3)c2n1.[O-][Cl+3]([O-])([O-])[O-]. The fourth-order valence-electron chi connectivity index (χ4n) is 2.35. The Bertz CT molecular complexity index is 810. The van der Waals surface area contributed by atoms with Crippen molar-refractivity contribution in [2.45, 2.75) is 20.8 Å². The quantitative estimate of drug-likeness (QED) is 0.505. The molecule has 1 aromatic carbocycles. The Morgan fingerprint density at radius 3 is 2.13 bits per heavy atom. The van der Waals surface area contributed by atoms with Gasteiger partial charge in [-0.05, 0) is 11.9 Å². The van der Waals surface area contributed by atoms with E-state index in [-0.39, 0.29) is 0 Å². The van der Waals surface area contributed by atoms with Crippen molar-refractivity contribution in [1.29, 1.82) is 0 Å². The van der Waals surface area contributed by atoms with Crippen molar-refractivity contribution in [3.63, 3.8) is 0 Å². The average Bonchev–Trinajstić information content (AvgIpc) is 2.75. The van der Waals surface area contributed by atoms with Crippen molar-refractivity contribution in [2.75, 3.05) is 0 Å². The van der Waals surface area contributed by atoms with Gasteiger partial charge >= 0.3 is 5.65 Å². The minimum Gasteiger partial charge on any atom is -0.222 e. The first-order valence-corrected chi connectivity index (χ1v) is 8.68. The number of aryl methyl sites for hydroxylation is 3. The Morgan fingerprint density at radius 1 is 1.00 bits per heavy atom. The summed E-state index contributed by atoms with van der Waals surface area (Å²) in [7, 11) is -4.94. The fraction of sp³-hybridized carbons (Fsp3) is 0.200. The van der Waals surface area contributed by atoms with Crippen molar-refractivity contribution in [1.82, 2.24) is 4.98 Å². The number of thiazole rings is 1. The molecule has 0 aliphatic rings. The predicted molar refractivity (Wildman–Crippen MR) is 74.9 cm³/mol. The number of benzene rings is 1. The summed E-state index contributed by atoms with van der Waals surface area (Å²) < 4.78 is 36.2. The first-order chi connectivity index (χ1) is 10.7. The number of fused-ring (bicyclic) bond motifs is 1. The van der Waals surface area contributed by atoms with Gasteiger partial charge in [-0.3, -0.25) is 0 Å². The second-order valence-corrected chi connectivity index (χ2v) is 6.85. The van der Waals surface area contributed by atoms with Gasteiger partial charge in [-0.15, -0.1) is 10.2 Å². The van der Waals surface area contributed by atoms with Crippen LogP contribution >= 0.6 is 11.3 Å². The molecule has 0 atom stereocenters. The van der Waals surface area contributed by atoms with Crippen LogP contribution in [0.2, 0.25) is 0 Å². The van der Waals surface area contributed by atoms with Gasteiger partial charge in [0.25, 0.3) is 0 Å². The molecule has 0 unspecified atom stereocenters. The molecule has 122 valence electrons. The van der Waals surface area contributed by atoms with E-state index in [0.29, 0.717) is 0 Å². The highest BCUT2D eigenvalue weighted by Gasteiger charge is 2.21. The fourth-order valence-corrected chi connectivity index (χ4v) is 3.45. The van der Waals surface area contributed by atoms with Gasteiger partial charge in [-0.1, -0.05) is 41.7 Å². The van der Waals surface area contributed by atoms with E-state index in [1.165, 1.54) is 21.1 Å². The Kier molecular flexibility index (Phi) is 5.30. The summed E-state index contributed by atoms with van der Waals surface area (Å²) in [5, 5.41) is 1.27. The van der Waals surface area contributed by atoms with E-state index in [9.17, 15) is 0 Å². The molecule has 3 rings (SSSR count). The number of nitrogens with zero attached hydrogens (tertiary/aromatic N) is 2. The van der Waals surface area contributed by atoms with E-state index in [4.69, 9.17) is 23.6 Å². The average molecular weight is 355 g/mol. The lowest BCUT2D eigenvalue weighted by Gasteiger charge is -2.17. The lowest BCUT2D eigenvalue weighted by atomic mass is 10.2. The van der Waals surface area contributed by atoms with E-state index in [1.54, 1.807) is 11.3 Å². The highest BCUT2D eigenvalue weighted by atomic mass is 35.7. The van der Waals surface area contributed by atoms with Gasteiger partial charge in [0, 0.05) is 25.5 Å². The highest BCUT2D eigenvalue weighted by molar-refractivity contribution is 7.15. The monoisotopic (exact) mass is 354 g/mol. The van der Waals surface area contributed by atoms with Gasteiger partial charge in [0.1, 0.15) is 10.6 Å². The van der Waals surface area contributed by atoms with Crippen molar-refractivity contribution in [2.24, 2.45) is 0 Å². The Morgan fingerprint density at radius 2 is 1.57 bits per heavy atom. The number of rotatable bonds is 1. The molecular weight excluding hydrogens is 340 g/mol. The van der Waals surface area contributed by atoms with E-state index in [1.807, 2.05) is 6.07 Å². The van der Waals surface area contributed by atoms with Gasteiger partial charge < -0.3 is 0 Å². The maximum absolute atomic E-state index is 8.49. The van der Waals surface area contributed by atoms with E-state index >= 15 is 0 Å². The maximum Gasteiger partial charge on any atom is 0.346 e. The molecule has 2 heterocycles. The molecule has 0 fully saturated rings. The van der Waals surface area contributed by atoms with E-state index in [0.717, 1.165) is 11.3 Å². The highest BCUT2D eigenvalue weighted by Crippen LogP contribution is 2.29. The zero-order valence-corrected chi connectivity index (χ0v) is 14.4. The summed E-state index contributed by atoms with van der Waals surface area (Å²) in [6, 6.07) is 12.6. The molecular formula is C15H15ClN2O4S. The van der Waals surface area contributed by atoms with Crippen molar-refractivity contribution in [3.8, 4) is 10.4 Å². The molecule has 23 heavy (non-hydrogen) atoms. The Balaban J connectivity index is 0.000000338. The molecule has 0 spiro atoms. The van der Waals surface area contributed by atoms with Crippen LogP contribution < -0.4 is 23.0 Å². The molecule has 0 aliphatic carbocycles. The topological polar surface area (TPSA) is 109 Å². The van der Waals surface area contributed by atoms with Crippen LogP contribution in [0.4, 0.5) is 0 Å². The molecule has 2 aromatic heterocycles. The number of halogens is 1. The summed E-state index contributed by atoms with van der Waals surface area (Å²) >= 11 is 1.80. The molecule has 0 amide bonds. The standard InChI is InChI=1S/C15H15N2S.ClHO4/c1-10-9-11(2)17-12(3)18-14(15(17)16-10)13-7-5-4-6-8-13;2-1(3,4)5/h4-9H,1-3H3;(H,2,3,4,5)/q+1;/p-1. The molecule has 0 radical (unpaired) electrons. The predicted octanol–water partition coefficient (Wildman–Crippen LogP) is -1.28. The zero-order valence-electron chi connectivity index (χ0n) is 12.8. The zero-order chi connectivity index (χ0) is 17.2. The lowest BCUT2D eigenvalue weighted by Crippen LogP contribution is -2.68. The number of hydrogen-bond acceptors (Lipinski definition) is 6. The van der Waals surface area contributed by atoms with Crippen molar-refractivity contribution >= 4 is 17.0 Å². The van der Waals surface area contributed by atoms with Crippen LogP contribution in [-0.2, 0) is 0 Å². The molecule has 0 aliphatic heterocycles. The second-order valence-electron chi connectivity index (χ2n) is 4.89. The maximum atomic E-state index is 8.49. The van der Waals surface area contributed by atoms with Crippen LogP contribution in [0.5, 0.6) is 0 Å². The normalized spacial score (nSPS) is 11.3. The molecule has 3 aromatic rings. The van der Waals surface area contributed by atoms with Gasteiger partial charge in [0.2, 0.25) is 0 Å². The van der Waals surface area contributed by atoms with Crippen molar-refractivity contribution < 1.29 is 33.3 Å². The first kappa shape index (κ1) is 17.7. The van der Waals surface area contributed by atoms with Crippen LogP contribution in [0.15, 0.2) is 36.4 Å². The molecule has 8 heteroatoms. The second kappa shape index (κ2) is 6.88. The molecule has 0 saturated heterocycles. The summed E-state index contributed by atoms with van der Waals surface area (Å²) in [5.74, 6) is 0. The third-order valence-corrected chi connectivity index (χ3v) is 4.17. The van der Waals surface area contributed by atoms with E-state index < -0.39 is 10.2 Å². The summed E-state index contributed by atoms with van der Waals surface area (Å²) in [5.41, 5.74) is 4.63. The van der Waals surface area contributed by atoms with Crippen LogP contribution in [0.3, 0.4) is 0 Å². The third-order valence-electron chi connectivity index (χ3n) is 3.07. The summed E-state index contributed by atoms with van der Waals surface area (Å²) in [4.78, 5) is 5.96. The first-order valence-electron chi connectivity index (χ1n) is 6.63. The van der Waals surface area contributed by atoms with Crippen LogP contribution in [-0.4, -0.2) is 4.98 Å². The third kappa shape index (κ3) is 4.68. The molecule has 0 saturated carbocycles. The lowest BCUT2D eigenvalue weighted by molar-refractivity contribution is -2.00. The summed E-state index contributed by atoms with van der Waals surface area (Å²) in [6.07, 6.45) is 0. The minimum atomic E-state index is -4.94. The van der Waals surface area contributed by atoms with Gasteiger partial charge in [-0.25, -0.2) is 18.6 Å². The van der Waals surface area contributed by atoms with Crippen LogP contribution in [0.25, 0.3) is 16.1 Å². The van der Waals surface area contributed by atoms with Crippen LogP contribution in [0, 0.1) is 31.0 Å². The number of aromatic nitrogens is 2. The van der Waals surface area contributed by atoms with Gasteiger partial charge in [-0.2, -0.15) is 4.40 Å². The van der Waals surface area contributed by atoms with E-state index in [2.05, 4.69) is 55.5 Å². The molecule has 0 bridgehead atoms. The van der Waals surface area contributed by atoms with Crippen LogP contribution in [0.1, 0.15) is 16.4 Å². The number of hydrogen-bond donors (Lipinski definition) is 0. The van der Waals surface area contributed by atoms with Gasteiger partial charge in [0.15, 0.2) is 10.7 Å². The van der Waals surface area contributed by atoms with Gasteiger partial charge in [0.05, 0.1) is 0 Å². The summed E-state index contributed by atoms with van der Waals surface area (Å²) in [6.45, 7) is 6.33. The molecule has 0 N–H and O–H groups in total. The largest absolute Gasteiger partial charge is 0.346 e. The Labute approximate surface area is 139 Å². The minimum absolute atomic E-state index is 1.07. The molecule has 6 nitrogen and oxygen atoms in total. The smallest absolute Gasteiger partial charge is 0.222 e. The Hall–Kier alpha value is -1.61. The van der Waals surface area contributed by atoms with Crippen molar-refractivity contribution in [3.05, 3.63) is 52.8 Å².